The van der Waals surface area contributed by atoms with Crippen LogP contribution in [0.15, 0.2) is 17.1 Å². The molecular weight excluding hydrogens is 270 g/mol. The zero-order chi connectivity index (χ0) is 15.7. The Morgan fingerprint density at radius 2 is 2.19 bits per heavy atom. The zero-order valence-corrected chi connectivity index (χ0v) is 13.3. The maximum absolute atomic E-state index is 12.1. The Bertz CT molecular complexity index is 546. The van der Waals surface area contributed by atoms with E-state index in [1.165, 1.54) is 4.68 Å². The largest absolute Gasteiger partial charge is 0.390 e. The number of morpholine rings is 1. The van der Waals surface area contributed by atoms with E-state index >= 15 is 0 Å². The van der Waals surface area contributed by atoms with Crippen LogP contribution < -0.4 is 10.5 Å². The Labute approximate surface area is 125 Å². The zero-order valence-electron chi connectivity index (χ0n) is 13.3. The molecule has 1 aliphatic rings. The van der Waals surface area contributed by atoms with Gasteiger partial charge in [-0.1, -0.05) is 0 Å². The highest BCUT2D eigenvalue weighted by Gasteiger charge is 2.27. The lowest BCUT2D eigenvalue weighted by atomic mass is 10.1. The van der Waals surface area contributed by atoms with Crippen molar-refractivity contribution in [3.63, 3.8) is 0 Å². The molecule has 1 N–H and O–H groups in total. The SMILES string of the molecule is CC(C)(O)CCn1ncc(N2CCOC(C)(C)C2)cc1=O. The Kier molecular flexibility index (Phi) is 4.39. The van der Waals surface area contributed by atoms with Crippen molar-refractivity contribution in [3.8, 4) is 0 Å². The first-order valence-corrected chi connectivity index (χ1v) is 7.35. The molecule has 0 saturated carbocycles. The fourth-order valence-corrected chi connectivity index (χ4v) is 2.38. The van der Waals surface area contributed by atoms with E-state index in [9.17, 15) is 9.90 Å². The first-order valence-electron chi connectivity index (χ1n) is 7.35. The summed E-state index contributed by atoms with van der Waals surface area (Å²) in [5.41, 5.74) is -0.320. The van der Waals surface area contributed by atoms with Crippen LogP contribution in [-0.4, -0.2) is 45.8 Å². The molecule has 0 atom stereocenters. The van der Waals surface area contributed by atoms with Crippen molar-refractivity contribution >= 4 is 5.69 Å². The van der Waals surface area contributed by atoms with Crippen molar-refractivity contribution in [2.75, 3.05) is 24.6 Å². The average molecular weight is 295 g/mol. The summed E-state index contributed by atoms with van der Waals surface area (Å²) in [6, 6.07) is 1.61. The van der Waals surface area contributed by atoms with Gasteiger partial charge >= 0.3 is 0 Å². The van der Waals surface area contributed by atoms with E-state index in [4.69, 9.17) is 4.74 Å². The van der Waals surface area contributed by atoms with E-state index in [1.807, 2.05) is 13.8 Å². The molecule has 0 bridgehead atoms. The second-order valence-electron chi connectivity index (χ2n) is 6.87. The Morgan fingerprint density at radius 1 is 1.48 bits per heavy atom. The molecule has 118 valence electrons. The number of aromatic nitrogens is 2. The van der Waals surface area contributed by atoms with Gasteiger partial charge in [0.25, 0.3) is 5.56 Å². The smallest absolute Gasteiger partial charge is 0.268 e. The number of aryl methyl sites for hydroxylation is 1. The van der Waals surface area contributed by atoms with Crippen LogP contribution in [0.2, 0.25) is 0 Å². The first-order chi connectivity index (χ1) is 9.66. The fourth-order valence-electron chi connectivity index (χ4n) is 2.38. The van der Waals surface area contributed by atoms with E-state index in [0.29, 0.717) is 19.6 Å². The molecule has 1 aromatic heterocycles. The van der Waals surface area contributed by atoms with Crippen LogP contribution in [0.5, 0.6) is 0 Å². The second kappa shape index (κ2) is 5.77. The third-order valence-corrected chi connectivity index (χ3v) is 3.58. The molecule has 0 amide bonds. The monoisotopic (exact) mass is 295 g/mol. The van der Waals surface area contributed by atoms with Crippen molar-refractivity contribution < 1.29 is 9.84 Å². The number of hydrogen-bond donors (Lipinski definition) is 1. The minimum atomic E-state index is -0.798. The summed E-state index contributed by atoms with van der Waals surface area (Å²) >= 11 is 0. The van der Waals surface area contributed by atoms with Crippen LogP contribution in [0.4, 0.5) is 5.69 Å². The molecule has 0 unspecified atom stereocenters. The lowest BCUT2D eigenvalue weighted by Crippen LogP contribution is -2.48. The molecule has 2 heterocycles. The van der Waals surface area contributed by atoms with E-state index < -0.39 is 5.60 Å². The normalized spacial score (nSPS) is 18.8. The van der Waals surface area contributed by atoms with Gasteiger partial charge in [0.15, 0.2) is 0 Å². The molecule has 6 nitrogen and oxygen atoms in total. The van der Waals surface area contributed by atoms with E-state index in [0.717, 1.165) is 18.8 Å². The van der Waals surface area contributed by atoms with Crippen LogP contribution >= 0.6 is 0 Å². The Hall–Kier alpha value is -1.40. The molecule has 1 saturated heterocycles. The molecule has 0 aromatic carbocycles. The Balaban J connectivity index is 2.10. The summed E-state index contributed by atoms with van der Waals surface area (Å²) < 4.78 is 7.07. The number of anilines is 1. The summed E-state index contributed by atoms with van der Waals surface area (Å²) in [4.78, 5) is 14.2. The number of aliphatic hydroxyl groups is 1. The quantitative estimate of drug-likeness (QED) is 0.898. The molecule has 1 aromatic rings. The van der Waals surface area contributed by atoms with Gasteiger partial charge in [0, 0.05) is 25.7 Å². The Morgan fingerprint density at radius 3 is 2.76 bits per heavy atom. The van der Waals surface area contributed by atoms with Crippen LogP contribution in [0.1, 0.15) is 34.1 Å². The lowest BCUT2D eigenvalue weighted by Gasteiger charge is -2.39. The van der Waals surface area contributed by atoms with Crippen LogP contribution in [0.25, 0.3) is 0 Å². The molecule has 0 aliphatic carbocycles. The van der Waals surface area contributed by atoms with Crippen molar-refractivity contribution in [1.29, 1.82) is 0 Å². The molecule has 21 heavy (non-hydrogen) atoms. The maximum atomic E-state index is 12.1. The second-order valence-corrected chi connectivity index (χ2v) is 6.87. The number of ether oxygens (including phenoxy) is 1. The highest BCUT2D eigenvalue weighted by molar-refractivity contribution is 5.43. The van der Waals surface area contributed by atoms with Gasteiger partial charge in [-0.2, -0.15) is 5.10 Å². The molecule has 0 spiro atoms. The van der Waals surface area contributed by atoms with Gasteiger partial charge in [0.2, 0.25) is 0 Å². The molecule has 6 heteroatoms. The molecule has 1 aliphatic heterocycles. The fraction of sp³-hybridized carbons (Fsp3) is 0.733. The minimum absolute atomic E-state index is 0.138. The van der Waals surface area contributed by atoms with Gasteiger partial charge in [-0.05, 0) is 34.1 Å². The minimum Gasteiger partial charge on any atom is -0.390 e. The summed E-state index contributed by atoms with van der Waals surface area (Å²) in [6.07, 6.45) is 2.21. The number of rotatable bonds is 4. The van der Waals surface area contributed by atoms with E-state index in [1.54, 1.807) is 26.1 Å². The van der Waals surface area contributed by atoms with Crippen molar-refractivity contribution in [2.24, 2.45) is 0 Å². The van der Waals surface area contributed by atoms with E-state index in [-0.39, 0.29) is 11.2 Å². The van der Waals surface area contributed by atoms with Gasteiger partial charge in [-0.3, -0.25) is 4.79 Å². The van der Waals surface area contributed by atoms with Crippen molar-refractivity contribution in [1.82, 2.24) is 9.78 Å². The summed E-state index contributed by atoms with van der Waals surface area (Å²) in [7, 11) is 0. The summed E-state index contributed by atoms with van der Waals surface area (Å²) in [6.45, 7) is 10.1. The molecule has 0 radical (unpaired) electrons. The topological polar surface area (TPSA) is 67.6 Å². The number of nitrogens with zero attached hydrogens (tertiary/aromatic N) is 3. The third-order valence-electron chi connectivity index (χ3n) is 3.58. The highest BCUT2D eigenvalue weighted by Crippen LogP contribution is 2.21. The number of hydrogen-bond acceptors (Lipinski definition) is 5. The maximum Gasteiger partial charge on any atom is 0.268 e. The molecule has 1 fully saturated rings. The first kappa shape index (κ1) is 16.0. The summed E-state index contributed by atoms with van der Waals surface area (Å²) in [5.74, 6) is 0. The van der Waals surface area contributed by atoms with Crippen LogP contribution in [-0.2, 0) is 11.3 Å². The third kappa shape index (κ3) is 4.54. The lowest BCUT2D eigenvalue weighted by molar-refractivity contribution is -0.0277. The van der Waals surface area contributed by atoms with Crippen molar-refractivity contribution in [3.05, 3.63) is 22.6 Å². The van der Waals surface area contributed by atoms with Gasteiger partial charge in [0.05, 0.1) is 29.7 Å². The average Bonchev–Trinajstić information content (AvgIpc) is 2.35. The van der Waals surface area contributed by atoms with Gasteiger partial charge in [0.1, 0.15) is 0 Å². The molecular formula is C15H25N3O3. The predicted molar refractivity (Wildman–Crippen MR) is 81.7 cm³/mol. The van der Waals surface area contributed by atoms with Gasteiger partial charge in [-0.25, -0.2) is 4.68 Å². The molecule has 2 rings (SSSR count). The predicted octanol–water partition coefficient (Wildman–Crippen LogP) is 1.02. The van der Waals surface area contributed by atoms with Gasteiger partial charge < -0.3 is 14.7 Å². The van der Waals surface area contributed by atoms with Crippen LogP contribution in [0, 0.1) is 0 Å². The van der Waals surface area contributed by atoms with Crippen LogP contribution in [0.3, 0.4) is 0 Å². The highest BCUT2D eigenvalue weighted by atomic mass is 16.5. The van der Waals surface area contributed by atoms with Crippen molar-refractivity contribution in [2.45, 2.75) is 51.9 Å². The standard InChI is InChI=1S/C15H25N3O3/c1-14(2,20)5-6-18-13(19)9-12(10-16-18)17-7-8-21-15(3,4)11-17/h9-10,20H,5-8,11H2,1-4H3. The summed E-state index contributed by atoms with van der Waals surface area (Å²) in [5, 5.41) is 13.9. The van der Waals surface area contributed by atoms with E-state index in [2.05, 4.69) is 10.00 Å². The van der Waals surface area contributed by atoms with Gasteiger partial charge in [-0.15, -0.1) is 0 Å².